The SMILES string of the molecule is COc1ccc(Cl)cc1-c1cc(C(=O)N(C)C(C)c2ccon2)cc(-n2cnnn2)c1. The number of nitrogens with zero attached hydrogens (tertiary/aromatic N) is 6. The molecule has 0 aliphatic carbocycles. The van der Waals surface area contributed by atoms with E-state index in [4.69, 9.17) is 20.9 Å². The number of carbonyl (C=O) groups is 1. The highest BCUT2D eigenvalue weighted by Crippen LogP contribution is 2.34. The van der Waals surface area contributed by atoms with E-state index in [0.29, 0.717) is 27.7 Å². The number of aromatic nitrogens is 5. The van der Waals surface area contributed by atoms with Gasteiger partial charge >= 0.3 is 0 Å². The molecule has 0 bridgehead atoms. The fraction of sp³-hybridized carbons (Fsp3) is 0.190. The van der Waals surface area contributed by atoms with Crippen molar-refractivity contribution >= 4 is 17.5 Å². The summed E-state index contributed by atoms with van der Waals surface area (Å²) in [4.78, 5) is 15.0. The minimum Gasteiger partial charge on any atom is -0.496 e. The van der Waals surface area contributed by atoms with Gasteiger partial charge in [0.15, 0.2) is 0 Å². The highest BCUT2D eigenvalue weighted by molar-refractivity contribution is 6.31. The quantitative estimate of drug-likeness (QED) is 0.451. The van der Waals surface area contributed by atoms with Gasteiger partial charge in [0.05, 0.1) is 18.8 Å². The number of halogens is 1. The number of hydrogen-bond acceptors (Lipinski definition) is 7. The highest BCUT2D eigenvalue weighted by Gasteiger charge is 2.22. The van der Waals surface area contributed by atoms with E-state index in [9.17, 15) is 4.79 Å². The second-order valence-corrected chi connectivity index (χ2v) is 7.32. The Morgan fingerprint density at radius 3 is 2.74 bits per heavy atom. The molecule has 9 nitrogen and oxygen atoms in total. The first-order valence-corrected chi connectivity index (χ1v) is 9.75. The van der Waals surface area contributed by atoms with Gasteiger partial charge in [-0.15, -0.1) is 5.10 Å². The zero-order valence-electron chi connectivity index (χ0n) is 17.1. The van der Waals surface area contributed by atoms with Gasteiger partial charge in [-0.05, 0) is 59.3 Å². The minimum absolute atomic E-state index is 0.201. The lowest BCUT2D eigenvalue weighted by Gasteiger charge is -2.24. The van der Waals surface area contributed by atoms with E-state index in [0.717, 1.165) is 11.1 Å². The third-order valence-electron chi connectivity index (χ3n) is 5.04. The Morgan fingerprint density at radius 2 is 2.06 bits per heavy atom. The van der Waals surface area contributed by atoms with Crippen molar-refractivity contribution in [3.8, 4) is 22.6 Å². The molecule has 0 spiro atoms. The van der Waals surface area contributed by atoms with Crippen LogP contribution in [0.3, 0.4) is 0 Å². The van der Waals surface area contributed by atoms with E-state index in [1.807, 2.05) is 13.0 Å². The van der Waals surface area contributed by atoms with Gasteiger partial charge < -0.3 is 14.2 Å². The molecule has 31 heavy (non-hydrogen) atoms. The first kappa shape index (κ1) is 20.5. The maximum atomic E-state index is 13.4. The summed E-state index contributed by atoms with van der Waals surface area (Å²) in [5.74, 6) is 0.425. The summed E-state index contributed by atoms with van der Waals surface area (Å²) in [5, 5.41) is 15.8. The largest absolute Gasteiger partial charge is 0.496 e. The van der Waals surface area contributed by atoms with Crippen molar-refractivity contribution in [3.05, 3.63) is 71.3 Å². The predicted octanol–water partition coefficient (Wildman–Crippen LogP) is 3.81. The number of rotatable bonds is 6. The number of carbonyl (C=O) groups excluding carboxylic acids is 1. The fourth-order valence-corrected chi connectivity index (χ4v) is 3.40. The smallest absolute Gasteiger partial charge is 0.254 e. The van der Waals surface area contributed by atoms with Gasteiger partial charge in [-0.1, -0.05) is 16.8 Å². The molecule has 1 amide bonds. The zero-order valence-corrected chi connectivity index (χ0v) is 17.8. The average molecular weight is 439 g/mol. The topological polar surface area (TPSA) is 99.2 Å². The Labute approximate surface area is 183 Å². The van der Waals surface area contributed by atoms with Gasteiger partial charge in [-0.3, -0.25) is 4.79 Å². The van der Waals surface area contributed by atoms with Crippen LogP contribution in [0.15, 0.2) is 59.6 Å². The van der Waals surface area contributed by atoms with E-state index >= 15 is 0 Å². The molecule has 2 heterocycles. The van der Waals surface area contributed by atoms with Gasteiger partial charge in [0.1, 0.15) is 24.0 Å². The molecule has 0 aliphatic heterocycles. The van der Waals surface area contributed by atoms with Crippen molar-refractivity contribution in [1.29, 1.82) is 0 Å². The van der Waals surface area contributed by atoms with Gasteiger partial charge in [0.25, 0.3) is 5.91 Å². The molecular formula is C21H19ClN6O3. The number of amides is 1. The summed E-state index contributed by atoms with van der Waals surface area (Å²) in [6.45, 7) is 1.88. The molecule has 4 rings (SSSR count). The first-order valence-electron chi connectivity index (χ1n) is 9.37. The molecule has 2 aromatic heterocycles. The molecule has 1 unspecified atom stereocenters. The van der Waals surface area contributed by atoms with Crippen LogP contribution in [-0.4, -0.2) is 50.3 Å². The molecule has 0 radical (unpaired) electrons. The lowest BCUT2D eigenvalue weighted by molar-refractivity contribution is 0.0737. The molecule has 0 N–H and O–H groups in total. The summed E-state index contributed by atoms with van der Waals surface area (Å²) < 4.78 is 11.9. The third kappa shape index (κ3) is 4.13. The highest BCUT2D eigenvalue weighted by atomic mass is 35.5. The van der Waals surface area contributed by atoms with Crippen molar-refractivity contribution in [1.82, 2.24) is 30.3 Å². The van der Waals surface area contributed by atoms with Crippen molar-refractivity contribution in [2.24, 2.45) is 0 Å². The molecule has 0 aliphatic rings. The second-order valence-electron chi connectivity index (χ2n) is 6.88. The Hall–Kier alpha value is -3.72. The number of methoxy groups -OCH3 is 1. The van der Waals surface area contributed by atoms with E-state index < -0.39 is 0 Å². The van der Waals surface area contributed by atoms with E-state index in [1.165, 1.54) is 17.3 Å². The monoisotopic (exact) mass is 438 g/mol. The fourth-order valence-electron chi connectivity index (χ4n) is 3.22. The van der Waals surface area contributed by atoms with Gasteiger partial charge in [0, 0.05) is 29.3 Å². The summed E-state index contributed by atoms with van der Waals surface area (Å²) in [6.07, 6.45) is 2.94. The van der Waals surface area contributed by atoms with E-state index in [2.05, 4.69) is 20.7 Å². The molecule has 0 fully saturated rings. The second kappa shape index (κ2) is 8.57. The maximum Gasteiger partial charge on any atom is 0.254 e. The molecule has 2 aromatic carbocycles. The zero-order chi connectivity index (χ0) is 22.0. The standard InChI is InChI=1S/C21H19ClN6O3/c1-13(19-6-7-31-24-19)27(2)21(29)15-8-14(9-17(10-15)28-12-23-25-26-28)18-11-16(22)4-5-20(18)30-3/h4-13H,1-3H3. The lowest BCUT2D eigenvalue weighted by atomic mass is 10.00. The molecule has 4 aromatic rings. The number of ether oxygens (including phenoxy) is 1. The van der Waals surface area contributed by atoms with Crippen LogP contribution < -0.4 is 4.74 Å². The Balaban J connectivity index is 1.81. The molecule has 1 atom stereocenters. The van der Waals surface area contributed by atoms with Crippen LogP contribution >= 0.6 is 11.6 Å². The van der Waals surface area contributed by atoms with Crippen LogP contribution in [0.4, 0.5) is 0 Å². The molecule has 158 valence electrons. The van der Waals surface area contributed by atoms with Crippen LogP contribution in [0.5, 0.6) is 5.75 Å². The van der Waals surface area contributed by atoms with Crippen molar-refractivity contribution in [3.63, 3.8) is 0 Å². The van der Waals surface area contributed by atoms with Crippen LogP contribution in [-0.2, 0) is 0 Å². The summed E-state index contributed by atoms with van der Waals surface area (Å²) in [5.41, 5.74) is 3.20. The van der Waals surface area contributed by atoms with Crippen molar-refractivity contribution in [2.45, 2.75) is 13.0 Å². The van der Waals surface area contributed by atoms with Crippen LogP contribution in [0, 0.1) is 0 Å². The molecule has 0 saturated heterocycles. The normalized spacial score (nSPS) is 11.9. The summed E-state index contributed by atoms with van der Waals surface area (Å²) in [6, 6.07) is 12.1. The first-order chi connectivity index (χ1) is 15.0. The van der Waals surface area contributed by atoms with Crippen LogP contribution in [0.25, 0.3) is 16.8 Å². The van der Waals surface area contributed by atoms with Gasteiger partial charge in [-0.2, -0.15) is 0 Å². The molecule has 0 saturated carbocycles. The lowest BCUT2D eigenvalue weighted by Crippen LogP contribution is -2.30. The Kier molecular flexibility index (Phi) is 5.68. The number of hydrogen-bond donors (Lipinski definition) is 0. The molecular weight excluding hydrogens is 420 g/mol. The van der Waals surface area contributed by atoms with E-state index in [1.54, 1.807) is 55.5 Å². The number of benzene rings is 2. The Morgan fingerprint density at radius 1 is 1.23 bits per heavy atom. The minimum atomic E-state index is -0.285. The Bertz CT molecular complexity index is 1190. The summed E-state index contributed by atoms with van der Waals surface area (Å²) in [7, 11) is 3.29. The van der Waals surface area contributed by atoms with Gasteiger partial charge in [0.2, 0.25) is 0 Å². The van der Waals surface area contributed by atoms with Gasteiger partial charge in [-0.25, -0.2) is 4.68 Å². The van der Waals surface area contributed by atoms with Crippen molar-refractivity contribution < 1.29 is 14.1 Å². The van der Waals surface area contributed by atoms with Crippen molar-refractivity contribution in [2.75, 3.05) is 14.2 Å². The van der Waals surface area contributed by atoms with E-state index in [-0.39, 0.29) is 11.9 Å². The predicted molar refractivity (Wildman–Crippen MR) is 113 cm³/mol. The summed E-state index contributed by atoms with van der Waals surface area (Å²) >= 11 is 6.23. The van der Waals surface area contributed by atoms with Crippen LogP contribution in [0.2, 0.25) is 5.02 Å². The third-order valence-corrected chi connectivity index (χ3v) is 5.27. The number of tetrazole rings is 1. The van der Waals surface area contributed by atoms with Crippen LogP contribution in [0.1, 0.15) is 29.0 Å². The average Bonchev–Trinajstić information content (AvgIpc) is 3.52. The maximum absolute atomic E-state index is 13.4. The molecule has 10 heteroatoms.